The molecule has 0 unspecified atom stereocenters. The molecule has 0 bridgehead atoms. The van der Waals surface area contributed by atoms with Crippen molar-refractivity contribution in [3.63, 3.8) is 0 Å². The Balaban J connectivity index is 1.72. The predicted molar refractivity (Wildman–Crippen MR) is 77.8 cm³/mol. The van der Waals surface area contributed by atoms with E-state index in [-0.39, 0.29) is 12.3 Å². The second-order valence-corrected chi connectivity index (χ2v) is 4.83. The van der Waals surface area contributed by atoms with Gasteiger partial charge in [-0.15, -0.1) is 0 Å². The Morgan fingerprint density at radius 2 is 2.15 bits per heavy atom. The van der Waals surface area contributed by atoms with Crippen LogP contribution in [-0.2, 0) is 11.2 Å². The van der Waals surface area contributed by atoms with Crippen molar-refractivity contribution < 1.29 is 9.21 Å². The third-order valence-corrected chi connectivity index (χ3v) is 3.10. The quantitative estimate of drug-likeness (QED) is 0.799. The van der Waals surface area contributed by atoms with Crippen molar-refractivity contribution >= 4 is 34.3 Å². The lowest BCUT2D eigenvalue weighted by Crippen LogP contribution is -2.14. The van der Waals surface area contributed by atoms with E-state index in [2.05, 4.69) is 10.3 Å². The summed E-state index contributed by atoms with van der Waals surface area (Å²) in [6.45, 7) is 0. The lowest BCUT2D eigenvalue weighted by atomic mass is 10.1. The zero-order chi connectivity index (χ0) is 13.9. The van der Waals surface area contributed by atoms with Gasteiger partial charge in [0.05, 0.1) is 6.42 Å². The zero-order valence-corrected chi connectivity index (χ0v) is 11.2. The third-order valence-electron chi connectivity index (χ3n) is 2.87. The summed E-state index contributed by atoms with van der Waals surface area (Å²) in [6, 6.07) is 12.6. The molecule has 0 atom stereocenters. The molecular weight excluding hydrogens is 276 g/mol. The summed E-state index contributed by atoms with van der Waals surface area (Å²) in [5.74, 6) is -0.105. The number of anilines is 1. The molecule has 0 radical (unpaired) electrons. The van der Waals surface area contributed by atoms with Gasteiger partial charge in [0.1, 0.15) is 5.52 Å². The van der Waals surface area contributed by atoms with Gasteiger partial charge in [-0.25, -0.2) is 4.98 Å². The van der Waals surface area contributed by atoms with Crippen LogP contribution in [0.5, 0.6) is 0 Å². The van der Waals surface area contributed by atoms with Gasteiger partial charge in [-0.3, -0.25) is 4.79 Å². The smallest absolute Gasteiger partial charge is 0.228 e. The van der Waals surface area contributed by atoms with E-state index >= 15 is 0 Å². The summed E-state index contributed by atoms with van der Waals surface area (Å²) in [7, 11) is 0. The summed E-state index contributed by atoms with van der Waals surface area (Å²) < 4.78 is 5.19. The zero-order valence-electron chi connectivity index (χ0n) is 10.5. The van der Waals surface area contributed by atoms with Gasteiger partial charge in [-0.05, 0) is 29.8 Å². The van der Waals surface area contributed by atoms with Crippen molar-refractivity contribution in [1.82, 2.24) is 4.98 Å². The Hall–Kier alpha value is -2.33. The number of carbonyl (C=O) groups is 1. The molecule has 1 heterocycles. The average Bonchev–Trinajstić information content (AvgIpc) is 2.86. The third kappa shape index (κ3) is 2.81. The van der Waals surface area contributed by atoms with Crippen LogP contribution in [0.25, 0.3) is 11.1 Å². The first-order valence-electron chi connectivity index (χ1n) is 6.08. The summed E-state index contributed by atoms with van der Waals surface area (Å²) >= 11 is 5.89. The maximum absolute atomic E-state index is 12.0. The van der Waals surface area contributed by atoms with E-state index in [4.69, 9.17) is 16.0 Å². The Bertz CT molecular complexity index is 767. The first kappa shape index (κ1) is 12.7. The highest BCUT2D eigenvalue weighted by molar-refractivity contribution is 6.30. The van der Waals surface area contributed by atoms with E-state index in [1.807, 2.05) is 12.1 Å². The molecule has 0 aliphatic heterocycles. The number of halogens is 1. The minimum absolute atomic E-state index is 0.105. The number of rotatable bonds is 3. The van der Waals surface area contributed by atoms with E-state index < -0.39 is 0 Å². The van der Waals surface area contributed by atoms with Gasteiger partial charge >= 0.3 is 0 Å². The first-order valence-corrected chi connectivity index (χ1v) is 6.46. The number of oxazole rings is 1. The van der Waals surface area contributed by atoms with Crippen molar-refractivity contribution in [3.8, 4) is 0 Å². The van der Waals surface area contributed by atoms with Crippen LogP contribution in [-0.4, -0.2) is 10.9 Å². The Kier molecular flexibility index (Phi) is 3.39. The summed E-state index contributed by atoms with van der Waals surface area (Å²) in [5.41, 5.74) is 2.96. The standard InChI is InChI=1S/C15H11ClN2O2/c16-11-3-1-2-10(6-11)7-15(19)18-12-4-5-13-14(8-12)20-9-17-13/h1-6,8-9H,7H2,(H,18,19). The van der Waals surface area contributed by atoms with Crippen molar-refractivity contribution in [2.75, 3.05) is 5.32 Å². The molecule has 0 saturated carbocycles. The van der Waals surface area contributed by atoms with E-state index in [0.29, 0.717) is 16.3 Å². The molecule has 1 aromatic heterocycles. The highest BCUT2D eigenvalue weighted by atomic mass is 35.5. The van der Waals surface area contributed by atoms with Crippen LogP contribution in [0.15, 0.2) is 53.3 Å². The summed E-state index contributed by atoms with van der Waals surface area (Å²) in [4.78, 5) is 16.0. The van der Waals surface area contributed by atoms with Gasteiger partial charge in [0, 0.05) is 16.8 Å². The van der Waals surface area contributed by atoms with E-state index in [1.165, 1.54) is 6.39 Å². The van der Waals surface area contributed by atoms with Crippen LogP contribution < -0.4 is 5.32 Å². The van der Waals surface area contributed by atoms with Gasteiger partial charge in [-0.2, -0.15) is 0 Å². The van der Waals surface area contributed by atoms with Crippen molar-refractivity contribution in [2.45, 2.75) is 6.42 Å². The average molecular weight is 287 g/mol. The van der Waals surface area contributed by atoms with Crippen molar-refractivity contribution in [3.05, 3.63) is 59.4 Å². The molecule has 0 aliphatic carbocycles. The molecule has 1 amide bonds. The highest BCUT2D eigenvalue weighted by Crippen LogP contribution is 2.18. The van der Waals surface area contributed by atoms with Crippen molar-refractivity contribution in [2.24, 2.45) is 0 Å². The molecule has 4 nitrogen and oxygen atoms in total. The summed E-state index contributed by atoms with van der Waals surface area (Å²) in [5, 5.41) is 3.45. The fourth-order valence-electron chi connectivity index (χ4n) is 1.97. The fourth-order valence-corrected chi connectivity index (χ4v) is 2.18. The second-order valence-electron chi connectivity index (χ2n) is 4.39. The van der Waals surface area contributed by atoms with Crippen LogP contribution in [0.2, 0.25) is 5.02 Å². The Morgan fingerprint density at radius 3 is 3.00 bits per heavy atom. The largest absolute Gasteiger partial charge is 0.443 e. The maximum Gasteiger partial charge on any atom is 0.228 e. The number of aromatic nitrogens is 1. The highest BCUT2D eigenvalue weighted by Gasteiger charge is 2.06. The van der Waals surface area contributed by atoms with Crippen LogP contribution in [0.1, 0.15) is 5.56 Å². The summed E-state index contributed by atoms with van der Waals surface area (Å²) in [6.07, 6.45) is 1.65. The monoisotopic (exact) mass is 286 g/mol. The predicted octanol–water partition coefficient (Wildman–Crippen LogP) is 3.66. The molecular formula is C15H11ClN2O2. The molecule has 5 heteroatoms. The van der Waals surface area contributed by atoms with Crippen LogP contribution in [0, 0.1) is 0 Å². The first-order chi connectivity index (χ1) is 9.70. The topological polar surface area (TPSA) is 55.1 Å². The number of amides is 1. The van der Waals surface area contributed by atoms with E-state index in [0.717, 1.165) is 11.1 Å². The van der Waals surface area contributed by atoms with Gasteiger partial charge in [-0.1, -0.05) is 23.7 Å². The second kappa shape index (κ2) is 5.35. The number of fused-ring (bicyclic) bond motifs is 1. The van der Waals surface area contributed by atoms with E-state index in [1.54, 1.807) is 30.3 Å². The molecule has 0 saturated heterocycles. The Labute approximate surface area is 120 Å². The maximum atomic E-state index is 12.0. The number of carbonyl (C=O) groups excluding carboxylic acids is 1. The normalized spacial score (nSPS) is 10.7. The molecule has 3 rings (SSSR count). The van der Waals surface area contributed by atoms with Crippen molar-refractivity contribution in [1.29, 1.82) is 0 Å². The molecule has 3 aromatic rings. The Morgan fingerprint density at radius 1 is 1.25 bits per heavy atom. The minimum Gasteiger partial charge on any atom is -0.443 e. The molecule has 2 aromatic carbocycles. The molecule has 1 N–H and O–H groups in total. The van der Waals surface area contributed by atoms with E-state index in [9.17, 15) is 4.79 Å². The SMILES string of the molecule is O=C(Cc1cccc(Cl)c1)Nc1ccc2ncoc2c1. The molecule has 0 fully saturated rings. The fraction of sp³-hybridized carbons (Fsp3) is 0.0667. The van der Waals surface area contributed by atoms with Crippen LogP contribution in [0.3, 0.4) is 0 Å². The number of nitrogens with zero attached hydrogens (tertiary/aromatic N) is 1. The molecule has 20 heavy (non-hydrogen) atoms. The number of nitrogens with one attached hydrogen (secondary N) is 1. The molecule has 100 valence electrons. The molecule has 0 aliphatic rings. The number of hydrogen-bond acceptors (Lipinski definition) is 3. The number of hydrogen-bond donors (Lipinski definition) is 1. The van der Waals surface area contributed by atoms with Gasteiger partial charge in [0.25, 0.3) is 0 Å². The minimum atomic E-state index is -0.105. The van der Waals surface area contributed by atoms with Gasteiger partial charge in [0.15, 0.2) is 12.0 Å². The van der Waals surface area contributed by atoms with Gasteiger partial charge in [0.2, 0.25) is 5.91 Å². The molecule has 0 spiro atoms. The lowest BCUT2D eigenvalue weighted by molar-refractivity contribution is -0.115. The van der Waals surface area contributed by atoms with Crippen LogP contribution in [0.4, 0.5) is 5.69 Å². The van der Waals surface area contributed by atoms with Gasteiger partial charge < -0.3 is 9.73 Å². The van der Waals surface area contributed by atoms with Crippen LogP contribution >= 0.6 is 11.6 Å². The lowest BCUT2D eigenvalue weighted by Gasteiger charge is -2.05. The number of benzene rings is 2.